The standard InChI is InChI=1S/C12H14N2O/c1-2-15-11-5-3-4-9-6-7-10(8-13)14-12(9)11/h3-7H,2,8,13H2,1H3. The van der Waals surface area contributed by atoms with Gasteiger partial charge in [-0.05, 0) is 19.1 Å². The number of aromatic nitrogens is 1. The van der Waals surface area contributed by atoms with Crippen molar-refractivity contribution in [1.82, 2.24) is 4.98 Å². The van der Waals surface area contributed by atoms with Gasteiger partial charge in [-0.3, -0.25) is 0 Å². The van der Waals surface area contributed by atoms with Gasteiger partial charge in [-0.25, -0.2) is 4.98 Å². The number of nitrogens with zero attached hydrogens (tertiary/aromatic N) is 1. The zero-order valence-corrected chi connectivity index (χ0v) is 8.73. The fraction of sp³-hybridized carbons (Fsp3) is 0.250. The fourth-order valence-electron chi connectivity index (χ4n) is 1.55. The summed E-state index contributed by atoms with van der Waals surface area (Å²) >= 11 is 0. The number of fused-ring (bicyclic) bond motifs is 1. The zero-order chi connectivity index (χ0) is 10.7. The third-order valence-electron chi connectivity index (χ3n) is 2.25. The minimum Gasteiger partial charge on any atom is -0.492 e. The fourth-order valence-corrected chi connectivity index (χ4v) is 1.55. The molecule has 0 fully saturated rings. The van der Waals surface area contributed by atoms with E-state index in [1.165, 1.54) is 0 Å². The van der Waals surface area contributed by atoms with Crippen LogP contribution in [0.4, 0.5) is 0 Å². The Labute approximate surface area is 88.9 Å². The number of ether oxygens (including phenoxy) is 1. The second-order valence-electron chi connectivity index (χ2n) is 3.27. The Kier molecular flexibility index (Phi) is 2.83. The molecule has 0 atom stereocenters. The van der Waals surface area contributed by atoms with E-state index in [1.54, 1.807) is 0 Å². The van der Waals surface area contributed by atoms with E-state index >= 15 is 0 Å². The van der Waals surface area contributed by atoms with E-state index in [-0.39, 0.29) is 0 Å². The molecule has 0 radical (unpaired) electrons. The van der Waals surface area contributed by atoms with Gasteiger partial charge in [0.05, 0.1) is 12.3 Å². The van der Waals surface area contributed by atoms with Crippen LogP contribution in [0.3, 0.4) is 0 Å². The monoisotopic (exact) mass is 202 g/mol. The van der Waals surface area contributed by atoms with Gasteiger partial charge in [0.15, 0.2) is 0 Å². The van der Waals surface area contributed by atoms with Crippen molar-refractivity contribution in [3.8, 4) is 5.75 Å². The van der Waals surface area contributed by atoms with Gasteiger partial charge in [-0.15, -0.1) is 0 Å². The van der Waals surface area contributed by atoms with Crippen LogP contribution in [0.25, 0.3) is 10.9 Å². The maximum atomic E-state index is 5.56. The first-order valence-corrected chi connectivity index (χ1v) is 5.06. The highest BCUT2D eigenvalue weighted by molar-refractivity contribution is 5.84. The maximum Gasteiger partial charge on any atom is 0.145 e. The van der Waals surface area contributed by atoms with E-state index < -0.39 is 0 Å². The number of pyridine rings is 1. The lowest BCUT2D eigenvalue weighted by Crippen LogP contribution is -2.00. The minimum absolute atomic E-state index is 0.455. The van der Waals surface area contributed by atoms with Crippen molar-refractivity contribution in [3.63, 3.8) is 0 Å². The Bertz CT molecular complexity index is 468. The molecule has 0 saturated carbocycles. The maximum absolute atomic E-state index is 5.56. The summed E-state index contributed by atoms with van der Waals surface area (Å²) in [6.07, 6.45) is 0. The van der Waals surface area contributed by atoms with Gasteiger partial charge in [0.25, 0.3) is 0 Å². The highest BCUT2D eigenvalue weighted by Crippen LogP contribution is 2.23. The van der Waals surface area contributed by atoms with Crippen LogP contribution in [0.1, 0.15) is 12.6 Å². The summed E-state index contributed by atoms with van der Waals surface area (Å²) in [6.45, 7) is 3.07. The third-order valence-corrected chi connectivity index (χ3v) is 2.25. The van der Waals surface area contributed by atoms with Crippen LogP contribution in [0, 0.1) is 0 Å². The third kappa shape index (κ3) is 1.92. The molecule has 1 aromatic carbocycles. The van der Waals surface area contributed by atoms with Gasteiger partial charge >= 0.3 is 0 Å². The number of hydrogen-bond acceptors (Lipinski definition) is 3. The van der Waals surface area contributed by atoms with Crippen LogP contribution in [0.5, 0.6) is 5.75 Å². The molecule has 3 nitrogen and oxygen atoms in total. The highest BCUT2D eigenvalue weighted by Gasteiger charge is 2.03. The largest absolute Gasteiger partial charge is 0.492 e. The van der Waals surface area contributed by atoms with E-state index in [4.69, 9.17) is 10.5 Å². The number of hydrogen-bond donors (Lipinski definition) is 1. The Morgan fingerprint density at radius 1 is 1.27 bits per heavy atom. The average Bonchev–Trinajstić information content (AvgIpc) is 2.29. The Balaban J connectivity index is 2.59. The van der Waals surface area contributed by atoms with Gasteiger partial charge in [0.2, 0.25) is 0 Å². The molecule has 2 aromatic rings. The van der Waals surface area contributed by atoms with Gasteiger partial charge < -0.3 is 10.5 Å². The van der Waals surface area contributed by atoms with Gasteiger partial charge in [0, 0.05) is 11.9 Å². The highest BCUT2D eigenvalue weighted by atomic mass is 16.5. The van der Waals surface area contributed by atoms with Crippen molar-refractivity contribution >= 4 is 10.9 Å². The van der Waals surface area contributed by atoms with Crippen molar-refractivity contribution in [2.75, 3.05) is 6.61 Å². The molecule has 1 aromatic heterocycles. The van der Waals surface area contributed by atoms with Crippen LogP contribution in [0.15, 0.2) is 30.3 Å². The molecule has 0 saturated heterocycles. The quantitative estimate of drug-likeness (QED) is 0.829. The minimum atomic E-state index is 0.455. The molecule has 0 aliphatic heterocycles. The Morgan fingerprint density at radius 2 is 2.13 bits per heavy atom. The summed E-state index contributed by atoms with van der Waals surface area (Å²) in [5, 5.41) is 1.08. The molecule has 0 spiro atoms. The molecule has 15 heavy (non-hydrogen) atoms. The normalized spacial score (nSPS) is 10.5. The lowest BCUT2D eigenvalue weighted by atomic mass is 10.2. The summed E-state index contributed by atoms with van der Waals surface area (Å²) in [5.41, 5.74) is 7.34. The van der Waals surface area contributed by atoms with Crippen molar-refractivity contribution in [2.45, 2.75) is 13.5 Å². The smallest absolute Gasteiger partial charge is 0.145 e. The van der Waals surface area contributed by atoms with Crippen LogP contribution in [0.2, 0.25) is 0 Å². The number of para-hydroxylation sites is 1. The van der Waals surface area contributed by atoms with Crippen LogP contribution in [-0.2, 0) is 6.54 Å². The molecule has 0 unspecified atom stereocenters. The molecule has 3 heteroatoms. The lowest BCUT2D eigenvalue weighted by molar-refractivity contribution is 0.343. The number of benzene rings is 1. The van der Waals surface area contributed by atoms with E-state index in [2.05, 4.69) is 4.98 Å². The van der Waals surface area contributed by atoms with Crippen LogP contribution >= 0.6 is 0 Å². The summed E-state index contributed by atoms with van der Waals surface area (Å²) < 4.78 is 5.52. The summed E-state index contributed by atoms with van der Waals surface area (Å²) in [4.78, 5) is 4.46. The first-order valence-electron chi connectivity index (χ1n) is 5.06. The second kappa shape index (κ2) is 4.28. The van der Waals surface area contributed by atoms with Crippen molar-refractivity contribution < 1.29 is 4.74 Å². The van der Waals surface area contributed by atoms with E-state index in [9.17, 15) is 0 Å². The summed E-state index contributed by atoms with van der Waals surface area (Å²) in [6, 6.07) is 9.88. The van der Waals surface area contributed by atoms with E-state index in [0.717, 1.165) is 22.3 Å². The molecule has 2 rings (SSSR count). The van der Waals surface area contributed by atoms with Crippen molar-refractivity contribution in [2.24, 2.45) is 5.73 Å². The van der Waals surface area contributed by atoms with Crippen LogP contribution in [-0.4, -0.2) is 11.6 Å². The lowest BCUT2D eigenvalue weighted by Gasteiger charge is -2.07. The molecule has 78 valence electrons. The second-order valence-corrected chi connectivity index (χ2v) is 3.27. The van der Waals surface area contributed by atoms with Gasteiger partial charge in [-0.1, -0.05) is 18.2 Å². The molecule has 0 aliphatic rings. The predicted molar refractivity (Wildman–Crippen MR) is 60.8 cm³/mol. The topological polar surface area (TPSA) is 48.1 Å². The van der Waals surface area contributed by atoms with Crippen molar-refractivity contribution in [1.29, 1.82) is 0 Å². The predicted octanol–water partition coefficient (Wildman–Crippen LogP) is 2.09. The van der Waals surface area contributed by atoms with E-state index in [1.807, 2.05) is 37.3 Å². The van der Waals surface area contributed by atoms with Crippen molar-refractivity contribution in [3.05, 3.63) is 36.0 Å². The first-order chi connectivity index (χ1) is 7.35. The molecular formula is C12H14N2O. The first kappa shape index (κ1) is 9.93. The molecule has 2 N–H and O–H groups in total. The zero-order valence-electron chi connectivity index (χ0n) is 8.73. The molecule has 0 bridgehead atoms. The summed E-state index contributed by atoms with van der Waals surface area (Å²) in [5.74, 6) is 0.824. The molecular weight excluding hydrogens is 188 g/mol. The van der Waals surface area contributed by atoms with Crippen LogP contribution < -0.4 is 10.5 Å². The number of nitrogens with two attached hydrogens (primary N) is 1. The Morgan fingerprint density at radius 3 is 2.87 bits per heavy atom. The average molecular weight is 202 g/mol. The Hall–Kier alpha value is -1.61. The molecule has 0 aliphatic carbocycles. The number of rotatable bonds is 3. The summed E-state index contributed by atoms with van der Waals surface area (Å²) in [7, 11) is 0. The van der Waals surface area contributed by atoms with Gasteiger partial charge in [-0.2, -0.15) is 0 Å². The van der Waals surface area contributed by atoms with E-state index in [0.29, 0.717) is 13.2 Å². The SMILES string of the molecule is CCOc1cccc2ccc(CN)nc12. The van der Waals surface area contributed by atoms with Gasteiger partial charge in [0.1, 0.15) is 11.3 Å². The molecule has 0 amide bonds. The molecule has 1 heterocycles.